The summed E-state index contributed by atoms with van der Waals surface area (Å²) in [7, 11) is 0. The smallest absolute Gasteiger partial charge is 0.0615 e. The van der Waals surface area contributed by atoms with Crippen molar-refractivity contribution >= 4 is 0 Å². The molecule has 1 heteroatoms. The molecule has 0 heterocycles. The average molecular weight is 252 g/mol. The summed E-state index contributed by atoms with van der Waals surface area (Å²) in [6, 6.07) is 0. The van der Waals surface area contributed by atoms with E-state index in [0.29, 0.717) is 10.8 Å². The Morgan fingerprint density at radius 3 is 2.00 bits per heavy atom. The van der Waals surface area contributed by atoms with E-state index in [1.54, 1.807) is 6.08 Å². The summed E-state index contributed by atoms with van der Waals surface area (Å²) in [4.78, 5) is 0. The highest BCUT2D eigenvalue weighted by atomic mass is 16.2. The lowest BCUT2D eigenvalue weighted by molar-refractivity contribution is 0.267. The van der Waals surface area contributed by atoms with Crippen molar-refractivity contribution in [3.8, 4) is 0 Å². The Morgan fingerprint density at radius 1 is 0.833 bits per heavy atom. The minimum absolute atomic E-state index is 0.128. The van der Waals surface area contributed by atoms with Gasteiger partial charge in [-0.05, 0) is 36.5 Å². The molecule has 0 spiro atoms. The number of allylic oxidation sites excluding steroid dienone is 3. The van der Waals surface area contributed by atoms with E-state index in [4.69, 9.17) is 5.11 Å². The van der Waals surface area contributed by atoms with Gasteiger partial charge < -0.3 is 5.11 Å². The van der Waals surface area contributed by atoms with Gasteiger partial charge in [0, 0.05) is 0 Å². The number of hydrogen-bond donors (Lipinski definition) is 1. The van der Waals surface area contributed by atoms with E-state index in [2.05, 4.69) is 40.7 Å². The SMILES string of the molecule is CC(C)(C)CCCC(C)(C)CC/C=C/C=C/CO. The van der Waals surface area contributed by atoms with E-state index in [1.807, 2.05) is 12.2 Å². The van der Waals surface area contributed by atoms with Crippen molar-refractivity contribution in [2.24, 2.45) is 10.8 Å². The normalized spacial score (nSPS) is 13.9. The molecule has 0 amide bonds. The van der Waals surface area contributed by atoms with Crippen molar-refractivity contribution in [3.05, 3.63) is 24.3 Å². The molecule has 0 aliphatic heterocycles. The van der Waals surface area contributed by atoms with Crippen LogP contribution in [-0.4, -0.2) is 11.7 Å². The van der Waals surface area contributed by atoms with Crippen LogP contribution >= 0.6 is 0 Å². The lowest BCUT2D eigenvalue weighted by Crippen LogP contribution is -2.13. The lowest BCUT2D eigenvalue weighted by atomic mass is 9.80. The Labute approximate surface area is 114 Å². The highest BCUT2D eigenvalue weighted by Gasteiger charge is 2.18. The first kappa shape index (κ1) is 17.4. The molecule has 1 nitrogen and oxygen atoms in total. The van der Waals surface area contributed by atoms with Crippen LogP contribution in [0.5, 0.6) is 0 Å². The van der Waals surface area contributed by atoms with E-state index in [1.165, 1.54) is 25.7 Å². The largest absolute Gasteiger partial charge is 0.392 e. The third-order valence-corrected chi connectivity index (χ3v) is 3.26. The molecule has 1 N–H and O–H groups in total. The van der Waals surface area contributed by atoms with Gasteiger partial charge in [-0.3, -0.25) is 0 Å². The van der Waals surface area contributed by atoms with E-state index in [9.17, 15) is 0 Å². The van der Waals surface area contributed by atoms with Gasteiger partial charge in [0.15, 0.2) is 0 Å². The lowest BCUT2D eigenvalue weighted by Gasteiger charge is -2.26. The topological polar surface area (TPSA) is 20.2 Å². The Bertz CT molecular complexity index is 253. The number of hydrogen-bond acceptors (Lipinski definition) is 1. The molecular formula is C17H32O. The number of aliphatic hydroxyl groups excluding tert-OH is 1. The van der Waals surface area contributed by atoms with Crippen LogP contribution < -0.4 is 0 Å². The minimum Gasteiger partial charge on any atom is -0.392 e. The molecule has 0 aliphatic rings. The Balaban J connectivity index is 3.79. The summed E-state index contributed by atoms with van der Waals surface area (Å²) in [6.07, 6.45) is 14.2. The minimum atomic E-state index is 0.128. The second-order valence-corrected chi connectivity index (χ2v) is 7.16. The highest BCUT2D eigenvalue weighted by molar-refractivity contribution is 5.02. The maximum absolute atomic E-state index is 8.59. The molecule has 0 fully saturated rings. The highest BCUT2D eigenvalue weighted by Crippen LogP contribution is 2.32. The molecule has 0 saturated carbocycles. The van der Waals surface area contributed by atoms with Crippen molar-refractivity contribution in [2.45, 2.75) is 66.7 Å². The maximum Gasteiger partial charge on any atom is 0.0615 e. The van der Waals surface area contributed by atoms with Gasteiger partial charge in [-0.25, -0.2) is 0 Å². The van der Waals surface area contributed by atoms with Crippen LogP contribution in [0.2, 0.25) is 0 Å². The van der Waals surface area contributed by atoms with Gasteiger partial charge >= 0.3 is 0 Å². The van der Waals surface area contributed by atoms with Crippen molar-refractivity contribution in [2.75, 3.05) is 6.61 Å². The summed E-state index contributed by atoms with van der Waals surface area (Å²) in [5.41, 5.74) is 0.904. The summed E-state index contributed by atoms with van der Waals surface area (Å²) in [5, 5.41) is 8.59. The zero-order chi connectivity index (χ0) is 14.1. The first-order valence-corrected chi connectivity index (χ1v) is 7.19. The zero-order valence-corrected chi connectivity index (χ0v) is 13.0. The molecule has 18 heavy (non-hydrogen) atoms. The molecule has 0 atom stereocenters. The molecule has 0 bridgehead atoms. The van der Waals surface area contributed by atoms with Gasteiger partial charge in [0.05, 0.1) is 6.61 Å². The van der Waals surface area contributed by atoms with Crippen LogP contribution in [0.1, 0.15) is 66.7 Å². The van der Waals surface area contributed by atoms with E-state index in [0.717, 1.165) is 6.42 Å². The van der Waals surface area contributed by atoms with Gasteiger partial charge in [-0.15, -0.1) is 0 Å². The monoisotopic (exact) mass is 252 g/mol. The Hall–Kier alpha value is -0.560. The van der Waals surface area contributed by atoms with Crippen molar-refractivity contribution in [3.63, 3.8) is 0 Å². The second-order valence-electron chi connectivity index (χ2n) is 7.16. The first-order chi connectivity index (χ1) is 8.27. The fraction of sp³-hybridized carbons (Fsp3) is 0.765. The summed E-state index contributed by atoms with van der Waals surface area (Å²) < 4.78 is 0. The van der Waals surface area contributed by atoms with Crippen LogP contribution in [0.4, 0.5) is 0 Å². The van der Waals surface area contributed by atoms with Crippen LogP contribution in [0.15, 0.2) is 24.3 Å². The molecule has 0 rings (SSSR count). The van der Waals surface area contributed by atoms with Crippen molar-refractivity contribution in [1.29, 1.82) is 0 Å². The second kappa shape index (κ2) is 8.53. The summed E-state index contributed by atoms with van der Waals surface area (Å²) in [5.74, 6) is 0. The maximum atomic E-state index is 8.59. The van der Waals surface area contributed by atoms with Crippen molar-refractivity contribution in [1.82, 2.24) is 0 Å². The van der Waals surface area contributed by atoms with E-state index < -0.39 is 0 Å². The van der Waals surface area contributed by atoms with Gasteiger partial charge in [-0.1, -0.05) is 65.3 Å². The zero-order valence-electron chi connectivity index (χ0n) is 13.0. The molecule has 0 aliphatic carbocycles. The fourth-order valence-corrected chi connectivity index (χ4v) is 2.01. The van der Waals surface area contributed by atoms with Crippen LogP contribution in [0.3, 0.4) is 0 Å². The standard InChI is InChI=1S/C17H32O/c1-16(2,3)12-11-14-17(4,5)13-9-7-6-8-10-15-18/h6-8,10,18H,9,11-15H2,1-5H3/b7-6+,10-8+. The molecule has 0 aromatic rings. The number of aliphatic hydroxyl groups is 1. The van der Waals surface area contributed by atoms with Gasteiger partial charge in [-0.2, -0.15) is 0 Å². The number of rotatable bonds is 8. The Morgan fingerprint density at radius 2 is 1.44 bits per heavy atom. The fourth-order valence-electron chi connectivity index (χ4n) is 2.01. The summed E-state index contributed by atoms with van der Waals surface area (Å²) in [6.45, 7) is 11.8. The quantitative estimate of drug-likeness (QED) is 0.595. The van der Waals surface area contributed by atoms with Crippen LogP contribution in [-0.2, 0) is 0 Å². The van der Waals surface area contributed by atoms with Crippen LogP contribution in [0.25, 0.3) is 0 Å². The third kappa shape index (κ3) is 11.9. The predicted octanol–water partition coefficient (Wildman–Crippen LogP) is 5.11. The molecule has 0 aromatic carbocycles. The third-order valence-electron chi connectivity index (χ3n) is 3.26. The van der Waals surface area contributed by atoms with E-state index >= 15 is 0 Å². The molecule has 0 aromatic heterocycles. The Kier molecular flexibility index (Phi) is 8.26. The molecular weight excluding hydrogens is 220 g/mol. The molecule has 0 radical (unpaired) electrons. The molecule has 0 unspecified atom stereocenters. The van der Waals surface area contributed by atoms with Crippen LogP contribution in [0, 0.1) is 10.8 Å². The van der Waals surface area contributed by atoms with Crippen molar-refractivity contribution < 1.29 is 5.11 Å². The van der Waals surface area contributed by atoms with Gasteiger partial charge in [0.2, 0.25) is 0 Å². The predicted molar refractivity (Wildman–Crippen MR) is 81.7 cm³/mol. The van der Waals surface area contributed by atoms with Gasteiger partial charge in [0.25, 0.3) is 0 Å². The van der Waals surface area contributed by atoms with Gasteiger partial charge in [0.1, 0.15) is 0 Å². The molecule has 0 saturated heterocycles. The van der Waals surface area contributed by atoms with E-state index in [-0.39, 0.29) is 6.61 Å². The molecule has 106 valence electrons. The first-order valence-electron chi connectivity index (χ1n) is 7.19. The summed E-state index contributed by atoms with van der Waals surface area (Å²) >= 11 is 0. The average Bonchev–Trinajstić information content (AvgIpc) is 2.21.